The lowest BCUT2D eigenvalue weighted by Crippen LogP contribution is -2.49. The number of carbonyl (C=O) groups excluding carboxylic acids is 1. The van der Waals surface area contributed by atoms with Crippen LogP contribution < -0.4 is 5.32 Å². The summed E-state index contributed by atoms with van der Waals surface area (Å²) in [6, 6.07) is 7.73. The maximum absolute atomic E-state index is 12.6. The highest BCUT2D eigenvalue weighted by Crippen LogP contribution is 2.44. The van der Waals surface area contributed by atoms with Gasteiger partial charge in [-0.2, -0.15) is 0 Å². The summed E-state index contributed by atoms with van der Waals surface area (Å²) < 4.78 is 5.60. The second-order valence-corrected chi connectivity index (χ2v) is 7.01. The van der Waals surface area contributed by atoms with Crippen molar-refractivity contribution >= 4 is 17.5 Å². The first-order chi connectivity index (χ1) is 10.7. The van der Waals surface area contributed by atoms with Crippen LogP contribution in [-0.4, -0.2) is 25.7 Å². The summed E-state index contributed by atoms with van der Waals surface area (Å²) in [6.07, 6.45) is 6.45. The van der Waals surface area contributed by atoms with Gasteiger partial charge in [-0.1, -0.05) is 30.2 Å². The van der Waals surface area contributed by atoms with E-state index in [1.54, 1.807) is 0 Å². The molecule has 0 aliphatic heterocycles. The Labute approximate surface area is 137 Å². The van der Waals surface area contributed by atoms with E-state index in [0.717, 1.165) is 50.4 Å². The number of rotatable bonds is 8. The molecule has 0 atom stereocenters. The van der Waals surface area contributed by atoms with Gasteiger partial charge in [0.05, 0.1) is 5.41 Å². The molecule has 2 saturated carbocycles. The first kappa shape index (κ1) is 15.8. The van der Waals surface area contributed by atoms with Crippen molar-refractivity contribution in [2.75, 3.05) is 19.8 Å². The van der Waals surface area contributed by atoms with Crippen molar-refractivity contribution in [1.82, 2.24) is 5.32 Å². The van der Waals surface area contributed by atoms with Crippen LogP contribution in [0.4, 0.5) is 0 Å². The van der Waals surface area contributed by atoms with E-state index in [1.165, 1.54) is 12.8 Å². The fourth-order valence-electron chi connectivity index (χ4n) is 3.04. The van der Waals surface area contributed by atoms with Crippen molar-refractivity contribution in [3.63, 3.8) is 0 Å². The summed E-state index contributed by atoms with van der Waals surface area (Å²) in [5.41, 5.74) is 0.688. The van der Waals surface area contributed by atoms with Gasteiger partial charge in [0.25, 0.3) is 0 Å². The van der Waals surface area contributed by atoms with Gasteiger partial charge in [0.2, 0.25) is 5.91 Å². The van der Waals surface area contributed by atoms with E-state index in [4.69, 9.17) is 16.3 Å². The molecule has 0 saturated heterocycles. The molecule has 0 aromatic heterocycles. The van der Waals surface area contributed by atoms with Gasteiger partial charge in [-0.3, -0.25) is 4.79 Å². The topological polar surface area (TPSA) is 38.3 Å². The SMILES string of the molecule is O=C(NCCCOCC1CC1)C1(c2cccc(Cl)c2)CCC1. The molecule has 1 N–H and O–H groups in total. The predicted molar refractivity (Wildman–Crippen MR) is 88.2 cm³/mol. The van der Waals surface area contributed by atoms with E-state index in [0.29, 0.717) is 11.6 Å². The molecule has 0 unspecified atom stereocenters. The zero-order valence-corrected chi connectivity index (χ0v) is 13.7. The minimum Gasteiger partial charge on any atom is -0.381 e. The smallest absolute Gasteiger partial charge is 0.230 e. The zero-order chi connectivity index (χ0) is 15.4. The quantitative estimate of drug-likeness (QED) is 0.741. The fourth-order valence-corrected chi connectivity index (χ4v) is 3.23. The molecular formula is C18H24ClNO2. The molecule has 120 valence electrons. The van der Waals surface area contributed by atoms with Gasteiger partial charge in [-0.15, -0.1) is 0 Å². The van der Waals surface area contributed by atoms with Crippen LogP contribution in [0.5, 0.6) is 0 Å². The molecule has 0 bridgehead atoms. The molecular weight excluding hydrogens is 298 g/mol. The first-order valence-corrected chi connectivity index (χ1v) is 8.71. The maximum atomic E-state index is 12.6. The number of amides is 1. The van der Waals surface area contributed by atoms with Crippen LogP contribution in [0.2, 0.25) is 5.02 Å². The van der Waals surface area contributed by atoms with Crippen LogP contribution >= 0.6 is 11.6 Å². The average Bonchev–Trinajstić information content (AvgIpc) is 3.26. The molecule has 1 aromatic carbocycles. The molecule has 2 fully saturated rings. The third-order valence-electron chi connectivity index (χ3n) is 4.82. The van der Waals surface area contributed by atoms with Gasteiger partial charge < -0.3 is 10.1 Å². The number of ether oxygens (including phenoxy) is 1. The highest BCUT2D eigenvalue weighted by atomic mass is 35.5. The van der Waals surface area contributed by atoms with Crippen LogP contribution in [0.3, 0.4) is 0 Å². The zero-order valence-electron chi connectivity index (χ0n) is 12.9. The lowest BCUT2D eigenvalue weighted by molar-refractivity contribution is -0.130. The van der Waals surface area contributed by atoms with E-state index in [-0.39, 0.29) is 11.3 Å². The van der Waals surface area contributed by atoms with E-state index >= 15 is 0 Å². The van der Waals surface area contributed by atoms with E-state index in [1.807, 2.05) is 24.3 Å². The molecule has 0 radical (unpaired) electrons. The molecule has 1 amide bonds. The molecule has 1 aromatic rings. The van der Waals surface area contributed by atoms with Gasteiger partial charge in [-0.25, -0.2) is 0 Å². The Hall–Kier alpha value is -1.06. The monoisotopic (exact) mass is 321 g/mol. The lowest BCUT2D eigenvalue weighted by atomic mass is 9.64. The highest BCUT2D eigenvalue weighted by Gasteiger charge is 2.45. The van der Waals surface area contributed by atoms with Crippen LogP contribution in [0.1, 0.15) is 44.1 Å². The van der Waals surface area contributed by atoms with Gasteiger partial charge in [-0.05, 0) is 55.7 Å². The van der Waals surface area contributed by atoms with E-state index in [9.17, 15) is 4.79 Å². The normalized spacial score (nSPS) is 19.5. The van der Waals surface area contributed by atoms with Crippen molar-refractivity contribution in [2.24, 2.45) is 5.92 Å². The molecule has 0 heterocycles. The standard InChI is InChI=1S/C18H24ClNO2/c19-16-5-1-4-15(12-16)18(8-2-9-18)17(21)20-10-3-11-22-13-14-6-7-14/h1,4-5,12,14H,2-3,6-11,13H2,(H,20,21). The molecule has 4 heteroatoms. The predicted octanol–water partition coefficient (Wildman–Crippen LogP) is 3.69. The van der Waals surface area contributed by atoms with Crippen molar-refractivity contribution in [3.05, 3.63) is 34.9 Å². The van der Waals surface area contributed by atoms with E-state index in [2.05, 4.69) is 5.32 Å². The Balaban J connectivity index is 1.46. The lowest BCUT2D eigenvalue weighted by Gasteiger charge is -2.40. The summed E-state index contributed by atoms with van der Waals surface area (Å²) in [5.74, 6) is 0.943. The Morgan fingerprint density at radius 2 is 2.18 bits per heavy atom. The summed E-state index contributed by atoms with van der Waals surface area (Å²) in [5, 5.41) is 3.78. The largest absolute Gasteiger partial charge is 0.381 e. The molecule has 2 aliphatic carbocycles. The second-order valence-electron chi connectivity index (χ2n) is 6.57. The summed E-state index contributed by atoms with van der Waals surface area (Å²) in [4.78, 5) is 12.6. The second kappa shape index (κ2) is 7.01. The number of halogens is 1. The molecule has 0 spiro atoms. The first-order valence-electron chi connectivity index (χ1n) is 8.33. The Kier molecular flexibility index (Phi) is 5.04. The van der Waals surface area contributed by atoms with Crippen LogP contribution in [0.15, 0.2) is 24.3 Å². The van der Waals surface area contributed by atoms with Gasteiger partial charge in [0, 0.05) is 24.8 Å². The number of hydrogen-bond donors (Lipinski definition) is 1. The third kappa shape index (κ3) is 3.64. The molecule has 3 rings (SSSR count). The Bertz CT molecular complexity index is 524. The Morgan fingerprint density at radius 3 is 2.82 bits per heavy atom. The summed E-state index contributed by atoms with van der Waals surface area (Å²) in [6.45, 7) is 2.31. The summed E-state index contributed by atoms with van der Waals surface area (Å²) in [7, 11) is 0. The van der Waals surface area contributed by atoms with Crippen molar-refractivity contribution < 1.29 is 9.53 Å². The van der Waals surface area contributed by atoms with E-state index < -0.39 is 0 Å². The van der Waals surface area contributed by atoms with Crippen molar-refractivity contribution in [2.45, 2.75) is 43.9 Å². The molecule has 3 nitrogen and oxygen atoms in total. The minimum absolute atomic E-state index is 0.142. The molecule has 2 aliphatic rings. The Morgan fingerprint density at radius 1 is 1.36 bits per heavy atom. The number of carbonyl (C=O) groups is 1. The number of nitrogens with one attached hydrogen (secondary N) is 1. The highest BCUT2D eigenvalue weighted by molar-refractivity contribution is 6.30. The third-order valence-corrected chi connectivity index (χ3v) is 5.06. The molecule has 22 heavy (non-hydrogen) atoms. The van der Waals surface area contributed by atoms with Gasteiger partial charge in [0.15, 0.2) is 0 Å². The minimum atomic E-state index is -0.361. The van der Waals surface area contributed by atoms with Gasteiger partial charge >= 0.3 is 0 Å². The van der Waals surface area contributed by atoms with Crippen LogP contribution in [0.25, 0.3) is 0 Å². The van der Waals surface area contributed by atoms with Crippen LogP contribution in [0, 0.1) is 5.92 Å². The number of hydrogen-bond acceptors (Lipinski definition) is 2. The summed E-state index contributed by atoms with van der Waals surface area (Å²) >= 11 is 6.08. The fraction of sp³-hybridized carbons (Fsp3) is 0.611. The average molecular weight is 322 g/mol. The van der Waals surface area contributed by atoms with Crippen LogP contribution in [-0.2, 0) is 14.9 Å². The number of benzene rings is 1. The van der Waals surface area contributed by atoms with Crippen molar-refractivity contribution in [3.8, 4) is 0 Å². The van der Waals surface area contributed by atoms with Gasteiger partial charge in [0.1, 0.15) is 0 Å². The van der Waals surface area contributed by atoms with Crippen molar-refractivity contribution in [1.29, 1.82) is 0 Å². The maximum Gasteiger partial charge on any atom is 0.230 e.